The van der Waals surface area contributed by atoms with E-state index in [0.717, 1.165) is 0 Å². The van der Waals surface area contributed by atoms with Crippen LogP contribution in [0.4, 0.5) is 4.39 Å². The number of benzene rings is 1. The number of likely N-dealkylation sites (tertiary alicyclic amines) is 1. The summed E-state index contributed by atoms with van der Waals surface area (Å²) in [5, 5.41) is 9.42. The Morgan fingerprint density at radius 1 is 1.38 bits per heavy atom. The molecule has 0 saturated carbocycles. The van der Waals surface area contributed by atoms with Crippen LogP contribution in [-0.4, -0.2) is 54.3 Å². The predicted octanol–water partition coefficient (Wildman–Crippen LogP) is 2.07. The molecule has 1 amide bonds. The van der Waals surface area contributed by atoms with Crippen molar-refractivity contribution in [3.63, 3.8) is 0 Å². The van der Waals surface area contributed by atoms with Crippen molar-refractivity contribution in [1.29, 1.82) is 0 Å². The first kappa shape index (κ1) is 18.4. The van der Waals surface area contributed by atoms with Crippen molar-refractivity contribution in [2.75, 3.05) is 26.9 Å². The monoisotopic (exact) mass is 339 g/mol. The molecule has 1 fully saturated rings. The van der Waals surface area contributed by atoms with Crippen LogP contribution in [0.1, 0.15) is 35.7 Å². The average molecular weight is 339 g/mol. The maximum atomic E-state index is 13.9. The summed E-state index contributed by atoms with van der Waals surface area (Å²) in [6.07, 6.45) is 1.03. The third-order valence-electron chi connectivity index (χ3n) is 4.33. The summed E-state index contributed by atoms with van der Waals surface area (Å²) in [5.41, 5.74) is -0.704. The highest BCUT2D eigenvalue weighted by Crippen LogP contribution is 2.31. The fourth-order valence-electron chi connectivity index (χ4n) is 2.81. The predicted molar refractivity (Wildman–Crippen MR) is 84.2 cm³/mol. The van der Waals surface area contributed by atoms with Gasteiger partial charge in [-0.05, 0) is 38.0 Å². The van der Waals surface area contributed by atoms with E-state index in [1.165, 1.54) is 23.1 Å². The van der Waals surface area contributed by atoms with E-state index in [1.807, 2.05) is 0 Å². The molecule has 1 aromatic rings. The van der Waals surface area contributed by atoms with Gasteiger partial charge in [-0.25, -0.2) is 9.18 Å². The maximum absolute atomic E-state index is 13.9. The van der Waals surface area contributed by atoms with E-state index < -0.39 is 23.2 Å². The number of amides is 1. The zero-order valence-electron chi connectivity index (χ0n) is 13.9. The van der Waals surface area contributed by atoms with E-state index in [1.54, 1.807) is 14.0 Å². The molecule has 0 aliphatic carbocycles. The van der Waals surface area contributed by atoms with Crippen molar-refractivity contribution >= 4 is 11.9 Å². The topological polar surface area (TPSA) is 76.1 Å². The number of hydrogen-bond acceptors (Lipinski definition) is 4. The lowest BCUT2D eigenvalue weighted by Gasteiger charge is -2.31. The maximum Gasteiger partial charge on any atom is 0.329 e. The number of rotatable bonds is 7. The smallest absolute Gasteiger partial charge is 0.329 e. The van der Waals surface area contributed by atoms with Gasteiger partial charge >= 0.3 is 5.97 Å². The number of carboxylic acid groups (broad SMARTS) is 1. The van der Waals surface area contributed by atoms with Crippen molar-refractivity contribution < 1.29 is 28.6 Å². The Balaban J connectivity index is 2.16. The van der Waals surface area contributed by atoms with E-state index in [2.05, 4.69) is 0 Å². The number of carboxylic acids is 1. The van der Waals surface area contributed by atoms with Gasteiger partial charge in [0.2, 0.25) is 0 Å². The second kappa shape index (κ2) is 7.72. The number of methoxy groups -OCH3 is 1. The van der Waals surface area contributed by atoms with Crippen LogP contribution in [0.15, 0.2) is 18.2 Å². The molecule has 2 rings (SSSR count). The molecule has 1 aromatic carbocycles. The van der Waals surface area contributed by atoms with Gasteiger partial charge in [-0.1, -0.05) is 0 Å². The molecule has 24 heavy (non-hydrogen) atoms. The molecule has 1 heterocycles. The minimum atomic E-state index is -1.22. The van der Waals surface area contributed by atoms with Gasteiger partial charge < -0.3 is 19.5 Å². The van der Waals surface area contributed by atoms with Crippen LogP contribution in [0, 0.1) is 5.82 Å². The van der Waals surface area contributed by atoms with Gasteiger partial charge in [-0.15, -0.1) is 0 Å². The number of ether oxygens (including phenoxy) is 2. The highest BCUT2D eigenvalue weighted by atomic mass is 19.1. The number of aliphatic carboxylic acids is 1. The second-order valence-electron chi connectivity index (χ2n) is 5.99. The molecule has 0 spiro atoms. The molecule has 1 atom stereocenters. The number of carbonyl (C=O) groups is 2. The normalized spacial score (nSPS) is 20.4. The third kappa shape index (κ3) is 3.73. The van der Waals surface area contributed by atoms with E-state index in [4.69, 9.17) is 9.47 Å². The van der Waals surface area contributed by atoms with Gasteiger partial charge in [0.15, 0.2) is 0 Å². The van der Waals surface area contributed by atoms with E-state index >= 15 is 0 Å². The van der Waals surface area contributed by atoms with Crippen LogP contribution in [0.2, 0.25) is 0 Å². The Bertz CT molecular complexity index is 621. The molecule has 0 bridgehead atoms. The molecule has 0 radical (unpaired) electrons. The van der Waals surface area contributed by atoms with Gasteiger partial charge in [0.1, 0.15) is 11.4 Å². The number of halogens is 1. The van der Waals surface area contributed by atoms with E-state index in [9.17, 15) is 19.1 Å². The molecule has 1 N–H and O–H groups in total. The van der Waals surface area contributed by atoms with Crippen LogP contribution in [0.25, 0.3) is 0 Å². The lowest BCUT2D eigenvalue weighted by atomic mass is 9.98. The summed E-state index contributed by atoms with van der Waals surface area (Å²) in [7, 11) is 1.54. The molecule has 1 saturated heterocycles. The van der Waals surface area contributed by atoms with Crippen molar-refractivity contribution in [2.24, 2.45) is 0 Å². The Hall–Kier alpha value is -1.99. The average Bonchev–Trinajstić information content (AvgIpc) is 2.95. The second-order valence-corrected chi connectivity index (χ2v) is 5.99. The van der Waals surface area contributed by atoms with Crippen LogP contribution >= 0.6 is 0 Å². The van der Waals surface area contributed by atoms with E-state index in [-0.39, 0.29) is 17.7 Å². The fourth-order valence-corrected chi connectivity index (χ4v) is 2.81. The summed E-state index contributed by atoms with van der Waals surface area (Å²) < 4.78 is 24.0. The lowest BCUT2D eigenvalue weighted by molar-refractivity contribution is -0.147. The van der Waals surface area contributed by atoms with Crippen LogP contribution in [0.3, 0.4) is 0 Å². The minimum absolute atomic E-state index is 0.0203. The fraction of sp³-hybridized carbons (Fsp3) is 0.529. The largest absolute Gasteiger partial charge is 0.480 e. The molecular formula is C17H22FNO5. The molecule has 6 nitrogen and oxygen atoms in total. The molecule has 1 unspecified atom stereocenters. The van der Waals surface area contributed by atoms with Crippen LogP contribution in [0.5, 0.6) is 0 Å². The molecule has 1 aliphatic rings. The summed E-state index contributed by atoms with van der Waals surface area (Å²) >= 11 is 0. The van der Waals surface area contributed by atoms with Gasteiger partial charge in [0, 0.05) is 24.8 Å². The summed E-state index contributed by atoms with van der Waals surface area (Å²) in [6.45, 7) is 2.64. The first-order valence-corrected chi connectivity index (χ1v) is 7.80. The molecule has 1 aliphatic heterocycles. The minimum Gasteiger partial charge on any atom is -0.480 e. The lowest BCUT2D eigenvalue weighted by Crippen LogP contribution is -2.50. The number of nitrogens with zero attached hydrogens (tertiary/aromatic N) is 1. The highest BCUT2D eigenvalue weighted by molar-refractivity contribution is 5.98. The first-order chi connectivity index (χ1) is 11.4. The van der Waals surface area contributed by atoms with E-state index in [0.29, 0.717) is 32.6 Å². The zero-order chi connectivity index (χ0) is 17.7. The third-order valence-corrected chi connectivity index (χ3v) is 4.33. The van der Waals surface area contributed by atoms with Crippen molar-refractivity contribution in [1.82, 2.24) is 4.90 Å². The van der Waals surface area contributed by atoms with Crippen molar-refractivity contribution in [2.45, 2.75) is 31.9 Å². The molecule has 0 aromatic heterocycles. The standard InChI is InChI=1S/C17H22FNO5/c1-17(16(21)22)6-3-7-19(17)15(20)12-4-5-14(18)13(10-12)11-24-9-8-23-2/h4-5,10H,3,6-9,11H2,1-2H3,(H,21,22). The van der Waals surface area contributed by atoms with Crippen molar-refractivity contribution in [3.05, 3.63) is 35.1 Å². The van der Waals surface area contributed by atoms with Crippen LogP contribution in [-0.2, 0) is 20.9 Å². The summed E-state index contributed by atoms with van der Waals surface area (Å²) in [5.74, 6) is -1.90. The highest BCUT2D eigenvalue weighted by Gasteiger charge is 2.46. The quantitative estimate of drug-likeness (QED) is 0.770. The van der Waals surface area contributed by atoms with Gasteiger partial charge in [0.25, 0.3) is 5.91 Å². The SMILES string of the molecule is COCCOCc1cc(C(=O)N2CCCC2(C)C(=O)O)ccc1F. The van der Waals surface area contributed by atoms with Gasteiger partial charge in [-0.3, -0.25) is 4.79 Å². The van der Waals surface area contributed by atoms with Crippen molar-refractivity contribution in [3.8, 4) is 0 Å². The Morgan fingerprint density at radius 2 is 2.12 bits per heavy atom. The first-order valence-electron chi connectivity index (χ1n) is 7.80. The van der Waals surface area contributed by atoms with Crippen LogP contribution < -0.4 is 0 Å². The number of hydrogen-bond donors (Lipinski definition) is 1. The number of carbonyl (C=O) groups excluding carboxylic acids is 1. The Morgan fingerprint density at radius 3 is 2.79 bits per heavy atom. The van der Waals surface area contributed by atoms with Gasteiger partial charge in [-0.2, -0.15) is 0 Å². The summed E-state index contributed by atoms with van der Waals surface area (Å²) in [4.78, 5) is 25.5. The van der Waals surface area contributed by atoms with Gasteiger partial charge in [0.05, 0.1) is 19.8 Å². The Labute approximate surface area is 140 Å². The summed E-state index contributed by atoms with van der Waals surface area (Å²) in [6, 6.07) is 4.00. The molecular weight excluding hydrogens is 317 g/mol. The zero-order valence-corrected chi connectivity index (χ0v) is 13.9. The molecule has 132 valence electrons. The molecule has 7 heteroatoms. The Kier molecular flexibility index (Phi) is 5.90.